The molecule has 0 bridgehead atoms. The summed E-state index contributed by atoms with van der Waals surface area (Å²) < 4.78 is 7.85. The van der Waals surface area contributed by atoms with Crippen LogP contribution in [0.25, 0.3) is 27.8 Å². The second-order valence-electron chi connectivity index (χ2n) is 7.72. The highest BCUT2D eigenvalue weighted by Gasteiger charge is 2.21. The van der Waals surface area contributed by atoms with Gasteiger partial charge >= 0.3 is 6.01 Å². The second-order valence-corrected chi connectivity index (χ2v) is 7.72. The van der Waals surface area contributed by atoms with Crippen LogP contribution in [0, 0.1) is 6.92 Å². The fraction of sp³-hybridized carbons (Fsp3) is 0.188. The highest BCUT2D eigenvalue weighted by atomic mass is 16.5. The number of nitrogens with one attached hydrogen (secondary N) is 1. The zero-order chi connectivity index (χ0) is 29.5. The van der Waals surface area contributed by atoms with Gasteiger partial charge in [-0.3, -0.25) is 4.79 Å². The first-order chi connectivity index (χ1) is 19.6. The van der Waals surface area contributed by atoms with Crippen LogP contribution in [0.2, 0.25) is 0 Å². The number of rotatable bonds is 6. The van der Waals surface area contributed by atoms with Crippen molar-refractivity contribution in [2.45, 2.75) is 34.6 Å². The Kier molecular flexibility index (Phi) is 12.6. The van der Waals surface area contributed by atoms with E-state index in [9.17, 15) is 0 Å². The van der Waals surface area contributed by atoms with E-state index in [2.05, 4.69) is 62.4 Å². The Labute approximate surface area is 236 Å². The van der Waals surface area contributed by atoms with Crippen molar-refractivity contribution in [2.24, 2.45) is 0 Å². The molecule has 40 heavy (non-hydrogen) atoms. The van der Waals surface area contributed by atoms with Gasteiger partial charge in [0, 0.05) is 54.3 Å². The fourth-order valence-electron chi connectivity index (χ4n) is 3.96. The molecule has 8 nitrogen and oxygen atoms in total. The first-order valence-electron chi connectivity index (χ1n) is 13.2. The monoisotopic (exact) mass is 538 g/mol. The van der Waals surface area contributed by atoms with Crippen molar-refractivity contribution in [1.29, 1.82) is 0 Å². The number of aryl methyl sites for hydroxylation is 1. The maximum atomic E-state index is 9.06. The summed E-state index contributed by atoms with van der Waals surface area (Å²) in [5.41, 5.74) is 13.7. The van der Waals surface area contributed by atoms with Crippen molar-refractivity contribution < 1.29 is 9.53 Å². The summed E-state index contributed by atoms with van der Waals surface area (Å²) in [6.07, 6.45) is 8.80. The highest BCUT2D eigenvalue weighted by Crippen LogP contribution is 2.42. The molecule has 8 heteroatoms. The molecule has 3 heterocycles. The van der Waals surface area contributed by atoms with Crippen molar-refractivity contribution in [3.8, 4) is 34.0 Å². The highest BCUT2D eigenvalue weighted by molar-refractivity contribution is 6.00. The van der Waals surface area contributed by atoms with Crippen LogP contribution in [-0.4, -0.2) is 32.7 Å². The van der Waals surface area contributed by atoms with Gasteiger partial charge in [-0.2, -0.15) is 0 Å². The third-order valence-electron chi connectivity index (χ3n) is 5.58. The first kappa shape index (κ1) is 31.2. The van der Waals surface area contributed by atoms with Gasteiger partial charge in [-0.1, -0.05) is 58.5 Å². The maximum absolute atomic E-state index is 9.06. The van der Waals surface area contributed by atoms with Gasteiger partial charge in [-0.15, -0.1) is 0 Å². The molecule has 0 fully saturated rings. The summed E-state index contributed by atoms with van der Waals surface area (Å²) in [5, 5.41) is 3.17. The number of carbonyl (C=O) groups excluding carboxylic acids is 1. The number of hydrogen-bond donors (Lipinski definition) is 2. The molecule has 0 aliphatic heterocycles. The van der Waals surface area contributed by atoms with Gasteiger partial charge in [0.1, 0.15) is 17.9 Å². The van der Waals surface area contributed by atoms with Crippen LogP contribution in [0.4, 0.5) is 11.5 Å². The van der Waals surface area contributed by atoms with E-state index >= 15 is 0 Å². The van der Waals surface area contributed by atoms with Crippen LogP contribution in [0.3, 0.4) is 0 Å². The fourth-order valence-corrected chi connectivity index (χ4v) is 3.96. The van der Waals surface area contributed by atoms with Gasteiger partial charge in [-0.25, -0.2) is 15.0 Å². The largest absolute Gasteiger partial charge is 0.424 e. The van der Waals surface area contributed by atoms with Crippen molar-refractivity contribution in [2.75, 3.05) is 18.1 Å². The second kappa shape index (κ2) is 16.1. The van der Waals surface area contributed by atoms with E-state index in [1.807, 2.05) is 65.2 Å². The van der Waals surface area contributed by atoms with E-state index in [4.69, 9.17) is 15.3 Å². The van der Waals surface area contributed by atoms with Crippen LogP contribution in [-0.2, 0) is 4.79 Å². The Morgan fingerprint density at radius 3 is 1.98 bits per heavy atom. The SMILES string of the molecule is C=CC=O.CC.CC.CNc1ccc(-c2c(-c3ccc(Oc4ncccn4)cc3)c3c(N)nccn3c2C)cc1. The van der Waals surface area contributed by atoms with E-state index in [0.717, 1.165) is 39.2 Å². The number of nitrogens with two attached hydrogens (primary N) is 1. The molecular formula is C32H38N6O2. The van der Waals surface area contributed by atoms with Crippen LogP contribution in [0.15, 0.2) is 92.0 Å². The molecule has 3 N–H and O–H groups in total. The predicted octanol–water partition coefficient (Wildman–Crippen LogP) is 7.61. The number of nitrogens with zero attached hydrogens (tertiary/aromatic N) is 4. The summed E-state index contributed by atoms with van der Waals surface area (Å²) in [5.74, 6) is 1.15. The van der Waals surface area contributed by atoms with Crippen molar-refractivity contribution >= 4 is 23.3 Å². The van der Waals surface area contributed by atoms with Gasteiger partial charge in [0.2, 0.25) is 0 Å². The molecule has 0 atom stereocenters. The Bertz CT molecular complexity index is 1470. The molecular weight excluding hydrogens is 500 g/mol. The average molecular weight is 539 g/mol. The van der Waals surface area contributed by atoms with E-state index in [-0.39, 0.29) is 0 Å². The molecule has 0 saturated heterocycles. The Morgan fingerprint density at radius 2 is 1.43 bits per heavy atom. The van der Waals surface area contributed by atoms with Crippen LogP contribution in [0.5, 0.6) is 11.8 Å². The lowest BCUT2D eigenvalue weighted by molar-refractivity contribution is -0.104. The van der Waals surface area contributed by atoms with E-state index in [1.165, 1.54) is 6.08 Å². The number of carbonyl (C=O) groups is 1. The van der Waals surface area contributed by atoms with Crippen LogP contribution >= 0.6 is 0 Å². The van der Waals surface area contributed by atoms with Gasteiger partial charge in [0.15, 0.2) is 0 Å². The lowest BCUT2D eigenvalue weighted by Gasteiger charge is -2.10. The minimum atomic E-state index is 0.309. The number of allylic oxidation sites excluding steroid dienone is 1. The predicted molar refractivity (Wildman–Crippen MR) is 166 cm³/mol. The lowest BCUT2D eigenvalue weighted by Crippen LogP contribution is -1.96. The van der Waals surface area contributed by atoms with Crippen LogP contribution < -0.4 is 15.8 Å². The average Bonchev–Trinajstić information content (AvgIpc) is 3.33. The number of fused-ring (bicyclic) bond motifs is 1. The topological polar surface area (TPSA) is 107 Å². The molecule has 0 aliphatic rings. The number of hydrogen-bond acceptors (Lipinski definition) is 7. The molecule has 5 rings (SSSR count). The van der Waals surface area contributed by atoms with E-state index in [1.54, 1.807) is 24.7 Å². The molecule has 0 aliphatic carbocycles. The number of ether oxygens (including phenoxy) is 1. The van der Waals surface area contributed by atoms with Gasteiger partial charge in [0.05, 0.1) is 5.52 Å². The molecule has 208 valence electrons. The minimum Gasteiger partial charge on any atom is -0.424 e. The summed E-state index contributed by atoms with van der Waals surface area (Å²) in [4.78, 5) is 21.6. The van der Waals surface area contributed by atoms with Crippen molar-refractivity contribution in [3.63, 3.8) is 0 Å². The van der Waals surface area contributed by atoms with Gasteiger partial charge in [0.25, 0.3) is 0 Å². The number of aromatic nitrogens is 4. The van der Waals surface area contributed by atoms with Crippen molar-refractivity contribution in [3.05, 3.63) is 97.7 Å². The van der Waals surface area contributed by atoms with Crippen molar-refractivity contribution in [1.82, 2.24) is 19.4 Å². The number of aldehydes is 1. The van der Waals surface area contributed by atoms with E-state index in [0.29, 0.717) is 23.9 Å². The zero-order valence-corrected chi connectivity index (χ0v) is 24.1. The molecule has 0 amide bonds. The first-order valence-corrected chi connectivity index (χ1v) is 13.2. The lowest BCUT2D eigenvalue weighted by atomic mass is 9.95. The standard InChI is InChI=1S/C25H22N6O.C3H4O.2C2H6/c1-16-21(17-4-8-19(27-2)9-5-17)22(23-24(26)28-14-15-31(16)23)18-6-10-20(11-7-18)32-25-29-12-3-13-30-25;1-2-3-4;2*1-2/h3-15,27H,1-2H3,(H2,26,28);2-3H,1H2;2*1-2H3. The Balaban J connectivity index is 0.000000634. The third kappa shape index (κ3) is 7.32. The Hall–Kier alpha value is -4.98. The molecule has 2 aromatic carbocycles. The third-order valence-corrected chi connectivity index (χ3v) is 5.58. The van der Waals surface area contributed by atoms with Gasteiger partial charge in [-0.05, 0) is 54.5 Å². The summed E-state index contributed by atoms with van der Waals surface area (Å²) in [6.45, 7) is 13.2. The normalized spacial score (nSPS) is 9.55. The van der Waals surface area contributed by atoms with Gasteiger partial charge < -0.3 is 20.2 Å². The molecule has 0 radical (unpaired) electrons. The quantitative estimate of drug-likeness (QED) is 0.169. The summed E-state index contributed by atoms with van der Waals surface area (Å²) in [6, 6.07) is 18.3. The zero-order valence-electron chi connectivity index (χ0n) is 24.1. The maximum Gasteiger partial charge on any atom is 0.321 e. The minimum absolute atomic E-state index is 0.309. The number of benzene rings is 2. The summed E-state index contributed by atoms with van der Waals surface area (Å²) >= 11 is 0. The Morgan fingerprint density at radius 1 is 0.875 bits per heavy atom. The smallest absolute Gasteiger partial charge is 0.321 e. The number of nitrogen functional groups attached to an aromatic ring is 1. The molecule has 0 saturated carbocycles. The molecule has 3 aromatic heterocycles. The summed E-state index contributed by atoms with van der Waals surface area (Å²) in [7, 11) is 1.91. The van der Waals surface area contributed by atoms with Crippen LogP contribution in [0.1, 0.15) is 33.4 Å². The van der Waals surface area contributed by atoms with E-state index < -0.39 is 0 Å². The molecule has 5 aromatic rings. The molecule has 0 unspecified atom stereocenters. The number of anilines is 2. The molecule has 0 spiro atoms.